The minimum absolute atomic E-state index is 0.0508. The van der Waals surface area contributed by atoms with Gasteiger partial charge in [0.1, 0.15) is 0 Å². The van der Waals surface area contributed by atoms with Gasteiger partial charge in [0.05, 0.1) is 10.3 Å². The topological polar surface area (TPSA) is 92.5 Å². The summed E-state index contributed by atoms with van der Waals surface area (Å²) in [5.41, 5.74) is 1.31. The van der Waals surface area contributed by atoms with E-state index in [0.29, 0.717) is 29.1 Å². The highest BCUT2D eigenvalue weighted by Gasteiger charge is 2.25. The standard InChI is InChI=1S/C20H20ClN3O4S/c21-15-6-4-14(5-7-15)13-22-29(26,27)16-8-9-18-17(12-16)19(23-28-18)20(25)24-10-2-1-3-11-24/h4-9,12,22H,1-3,10-11,13H2. The number of piperidine rings is 1. The lowest BCUT2D eigenvalue weighted by Gasteiger charge is -2.25. The zero-order valence-corrected chi connectivity index (χ0v) is 17.2. The number of amides is 1. The zero-order valence-electron chi connectivity index (χ0n) is 15.6. The average molecular weight is 434 g/mol. The summed E-state index contributed by atoms with van der Waals surface area (Å²) in [5.74, 6) is -0.230. The first kappa shape index (κ1) is 19.9. The first-order valence-electron chi connectivity index (χ1n) is 9.37. The van der Waals surface area contributed by atoms with Crippen molar-refractivity contribution >= 4 is 38.5 Å². The summed E-state index contributed by atoms with van der Waals surface area (Å²) in [6.45, 7) is 1.47. The van der Waals surface area contributed by atoms with Crippen LogP contribution in [-0.2, 0) is 16.6 Å². The quantitative estimate of drug-likeness (QED) is 0.663. The fraction of sp³-hybridized carbons (Fsp3) is 0.300. The van der Waals surface area contributed by atoms with Crippen LogP contribution in [0, 0.1) is 0 Å². The minimum Gasteiger partial charge on any atom is -0.355 e. The van der Waals surface area contributed by atoms with Crippen molar-refractivity contribution < 1.29 is 17.7 Å². The predicted molar refractivity (Wildman–Crippen MR) is 109 cm³/mol. The van der Waals surface area contributed by atoms with E-state index in [1.807, 2.05) is 0 Å². The first-order chi connectivity index (χ1) is 13.9. The van der Waals surface area contributed by atoms with Crippen LogP contribution < -0.4 is 4.72 Å². The van der Waals surface area contributed by atoms with Crippen LogP contribution in [0.5, 0.6) is 0 Å². The van der Waals surface area contributed by atoms with Crippen molar-refractivity contribution in [2.75, 3.05) is 13.1 Å². The molecule has 0 unspecified atom stereocenters. The Labute approximate surface area is 173 Å². The van der Waals surface area contributed by atoms with Crippen LogP contribution >= 0.6 is 11.6 Å². The lowest BCUT2D eigenvalue weighted by molar-refractivity contribution is 0.0716. The number of sulfonamides is 1. The Morgan fingerprint density at radius 1 is 1.10 bits per heavy atom. The highest BCUT2D eigenvalue weighted by molar-refractivity contribution is 7.89. The van der Waals surface area contributed by atoms with Crippen LogP contribution in [0.3, 0.4) is 0 Å². The van der Waals surface area contributed by atoms with E-state index in [0.717, 1.165) is 24.8 Å². The molecular formula is C20H20ClN3O4S. The zero-order chi connectivity index (χ0) is 20.4. The molecule has 1 amide bonds. The molecule has 2 aromatic carbocycles. The maximum atomic E-state index is 12.8. The van der Waals surface area contributed by atoms with Gasteiger partial charge in [0.15, 0.2) is 11.3 Å². The molecule has 2 heterocycles. The van der Waals surface area contributed by atoms with E-state index < -0.39 is 10.0 Å². The Morgan fingerprint density at radius 2 is 1.83 bits per heavy atom. The molecule has 4 rings (SSSR count). The molecule has 1 saturated heterocycles. The molecule has 3 aromatic rings. The lowest BCUT2D eigenvalue weighted by Crippen LogP contribution is -2.35. The molecule has 0 radical (unpaired) electrons. The second kappa shape index (κ2) is 8.14. The first-order valence-corrected chi connectivity index (χ1v) is 11.2. The molecule has 1 aliphatic rings. The van der Waals surface area contributed by atoms with Gasteiger partial charge >= 0.3 is 0 Å². The second-order valence-electron chi connectivity index (χ2n) is 6.99. The molecule has 9 heteroatoms. The number of nitrogens with one attached hydrogen (secondary N) is 1. The molecule has 1 aromatic heterocycles. The largest absolute Gasteiger partial charge is 0.355 e. The van der Waals surface area contributed by atoms with E-state index >= 15 is 0 Å². The number of hydrogen-bond donors (Lipinski definition) is 1. The summed E-state index contributed by atoms with van der Waals surface area (Å²) in [7, 11) is -3.78. The monoisotopic (exact) mass is 433 g/mol. The molecular weight excluding hydrogens is 414 g/mol. The molecule has 1 fully saturated rings. The van der Waals surface area contributed by atoms with Gasteiger partial charge in [-0.1, -0.05) is 28.9 Å². The molecule has 1 N–H and O–H groups in total. The molecule has 7 nitrogen and oxygen atoms in total. The van der Waals surface area contributed by atoms with Crippen molar-refractivity contribution in [3.05, 3.63) is 58.7 Å². The number of benzene rings is 2. The SMILES string of the molecule is O=C(c1noc2ccc(S(=O)(=O)NCc3ccc(Cl)cc3)cc12)N1CCCCC1. The van der Waals surface area contributed by atoms with Gasteiger partial charge < -0.3 is 9.42 Å². The number of halogens is 1. The fourth-order valence-corrected chi connectivity index (χ4v) is 4.52. The fourth-order valence-electron chi connectivity index (χ4n) is 3.35. The number of fused-ring (bicyclic) bond motifs is 1. The number of hydrogen-bond acceptors (Lipinski definition) is 5. The summed E-state index contributed by atoms with van der Waals surface area (Å²) in [6, 6.07) is 11.3. The molecule has 0 atom stereocenters. The van der Waals surface area contributed by atoms with Gasteiger partial charge in [0.2, 0.25) is 10.0 Å². The number of carbonyl (C=O) groups excluding carboxylic acids is 1. The Kier molecular flexibility index (Phi) is 5.58. The van der Waals surface area contributed by atoms with Gasteiger partial charge in [-0.25, -0.2) is 13.1 Å². The van der Waals surface area contributed by atoms with Crippen LogP contribution in [0.1, 0.15) is 35.3 Å². The molecule has 0 bridgehead atoms. The normalized spacial score (nSPS) is 15.0. The minimum atomic E-state index is -3.78. The van der Waals surface area contributed by atoms with Crippen LogP contribution in [0.2, 0.25) is 5.02 Å². The van der Waals surface area contributed by atoms with Gasteiger partial charge in [0, 0.05) is 24.7 Å². The Morgan fingerprint density at radius 3 is 2.55 bits per heavy atom. The van der Waals surface area contributed by atoms with Gasteiger partial charge in [-0.05, 0) is 55.2 Å². The Hall–Kier alpha value is -2.42. The van der Waals surface area contributed by atoms with E-state index in [2.05, 4.69) is 9.88 Å². The van der Waals surface area contributed by atoms with Crippen LogP contribution in [0.25, 0.3) is 11.0 Å². The smallest absolute Gasteiger partial charge is 0.276 e. The van der Waals surface area contributed by atoms with Crippen molar-refractivity contribution in [1.82, 2.24) is 14.8 Å². The number of rotatable bonds is 5. The summed E-state index contributed by atoms with van der Waals surface area (Å²) < 4.78 is 33.3. The third kappa shape index (κ3) is 4.29. The predicted octanol–water partition coefficient (Wildman–Crippen LogP) is 3.59. The van der Waals surface area contributed by atoms with E-state index in [4.69, 9.17) is 16.1 Å². The maximum absolute atomic E-state index is 12.8. The molecule has 152 valence electrons. The van der Waals surface area contributed by atoms with E-state index in [1.165, 1.54) is 18.2 Å². The molecule has 0 aliphatic carbocycles. The van der Waals surface area contributed by atoms with E-state index in [9.17, 15) is 13.2 Å². The summed E-state index contributed by atoms with van der Waals surface area (Å²) >= 11 is 5.85. The summed E-state index contributed by atoms with van der Waals surface area (Å²) in [4.78, 5) is 14.6. The van der Waals surface area contributed by atoms with Crippen LogP contribution in [0.4, 0.5) is 0 Å². The third-order valence-corrected chi connectivity index (χ3v) is 6.63. The number of aromatic nitrogens is 1. The van der Waals surface area contributed by atoms with Crippen molar-refractivity contribution in [3.8, 4) is 0 Å². The number of likely N-dealkylation sites (tertiary alicyclic amines) is 1. The second-order valence-corrected chi connectivity index (χ2v) is 9.20. The van der Waals surface area contributed by atoms with Gasteiger partial charge in [-0.2, -0.15) is 0 Å². The van der Waals surface area contributed by atoms with Crippen LogP contribution in [0.15, 0.2) is 51.9 Å². The van der Waals surface area contributed by atoms with Gasteiger partial charge in [0.25, 0.3) is 5.91 Å². The van der Waals surface area contributed by atoms with Gasteiger partial charge in [-0.15, -0.1) is 0 Å². The highest BCUT2D eigenvalue weighted by atomic mass is 35.5. The van der Waals surface area contributed by atoms with Crippen molar-refractivity contribution in [2.24, 2.45) is 0 Å². The number of carbonyl (C=O) groups is 1. The molecule has 29 heavy (non-hydrogen) atoms. The van der Waals surface area contributed by atoms with Crippen molar-refractivity contribution in [2.45, 2.75) is 30.7 Å². The van der Waals surface area contributed by atoms with E-state index in [1.54, 1.807) is 29.2 Å². The van der Waals surface area contributed by atoms with Crippen molar-refractivity contribution in [1.29, 1.82) is 0 Å². The molecule has 0 saturated carbocycles. The Bertz CT molecular complexity index is 1140. The van der Waals surface area contributed by atoms with E-state index in [-0.39, 0.29) is 23.0 Å². The third-order valence-electron chi connectivity index (χ3n) is 4.98. The number of nitrogens with zero attached hydrogens (tertiary/aromatic N) is 2. The Balaban J connectivity index is 1.58. The lowest BCUT2D eigenvalue weighted by atomic mass is 10.1. The van der Waals surface area contributed by atoms with Gasteiger partial charge in [-0.3, -0.25) is 4.79 Å². The molecule has 0 spiro atoms. The average Bonchev–Trinajstić information content (AvgIpc) is 3.17. The summed E-state index contributed by atoms with van der Waals surface area (Å²) in [6.07, 6.45) is 3.01. The highest BCUT2D eigenvalue weighted by Crippen LogP contribution is 2.25. The summed E-state index contributed by atoms with van der Waals surface area (Å²) in [5, 5.41) is 4.88. The molecule has 1 aliphatic heterocycles. The van der Waals surface area contributed by atoms with Crippen LogP contribution in [-0.4, -0.2) is 37.5 Å². The maximum Gasteiger partial charge on any atom is 0.276 e. The van der Waals surface area contributed by atoms with Crippen molar-refractivity contribution in [3.63, 3.8) is 0 Å².